The van der Waals surface area contributed by atoms with Crippen molar-refractivity contribution in [2.75, 3.05) is 25.5 Å². The fourth-order valence-corrected chi connectivity index (χ4v) is 1.99. The molecular weight excluding hydrogens is 218 g/mol. The summed E-state index contributed by atoms with van der Waals surface area (Å²) < 4.78 is 4.73. The molecule has 2 rings (SSSR count). The zero-order valence-corrected chi connectivity index (χ0v) is 9.90. The molecule has 2 heterocycles. The molecule has 0 spiro atoms. The van der Waals surface area contributed by atoms with Crippen LogP contribution in [0.25, 0.3) is 0 Å². The Morgan fingerprint density at radius 1 is 1.65 bits per heavy atom. The third-order valence-electron chi connectivity index (χ3n) is 2.88. The molecule has 1 saturated heterocycles. The molecule has 5 heteroatoms. The highest BCUT2D eigenvalue weighted by molar-refractivity contribution is 5.95. The summed E-state index contributed by atoms with van der Waals surface area (Å²) in [5, 5.41) is 6.68. The number of nitrogens with one attached hydrogen (secondary N) is 2. The van der Waals surface area contributed by atoms with E-state index >= 15 is 0 Å². The van der Waals surface area contributed by atoms with Crippen LogP contribution in [0.3, 0.4) is 0 Å². The zero-order valence-electron chi connectivity index (χ0n) is 9.90. The topological polar surface area (TPSA) is 63.2 Å². The van der Waals surface area contributed by atoms with Gasteiger partial charge in [-0.25, -0.2) is 4.79 Å². The molecular formula is C12H17N3O2. The van der Waals surface area contributed by atoms with Gasteiger partial charge >= 0.3 is 5.97 Å². The van der Waals surface area contributed by atoms with Crippen molar-refractivity contribution in [3.63, 3.8) is 0 Å². The number of ether oxygens (including phenoxy) is 1. The predicted molar refractivity (Wildman–Crippen MR) is 65.1 cm³/mol. The van der Waals surface area contributed by atoms with Gasteiger partial charge in [0.15, 0.2) is 0 Å². The summed E-state index contributed by atoms with van der Waals surface area (Å²) in [5.74, 6) is -0.357. The van der Waals surface area contributed by atoms with Crippen molar-refractivity contribution < 1.29 is 9.53 Å². The predicted octanol–water partition coefficient (Wildman–Crippen LogP) is 1.03. The van der Waals surface area contributed by atoms with Crippen LogP contribution in [0.15, 0.2) is 18.5 Å². The molecule has 1 unspecified atom stereocenters. The van der Waals surface area contributed by atoms with E-state index in [9.17, 15) is 4.79 Å². The van der Waals surface area contributed by atoms with Crippen LogP contribution in [0, 0.1) is 0 Å². The number of hydrogen-bond acceptors (Lipinski definition) is 5. The third kappa shape index (κ3) is 2.94. The van der Waals surface area contributed by atoms with Gasteiger partial charge in [-0.1, -0.05) is 0 Å². The molecule has 0 amide bonds. The number of pyridine rings is 1. The lowest BCUT2D eigenvalue weighted by Gasteiger charge is -2.25. The Labute approximate surface area is 101 Å². The monoisotopic (exact) mass is 235 g/mol. The third-order valence-corrected chi connectivity index (χ3v) is 2.88. The zero-order chi connectivity index (χ0) is 12.1. The van der Waals surface area contributed by atoms with Crippen molar-refractivity contribution in [3.05, 3.63) is 24.0 Å². The quantitative estimate of drug-likeness (QED) is 0.766. The molecule has 1 aromatic heterocycles. The van der Waals surface area contributed by atoms with Gasteiger partial charge in [-0.15, -0.1) is 0 Å². The maximum absolute atomic E-state index is 11.6. The Bertz CT molecular complexity index is 389. The number of aromatic nitrogens is 1. The second-order valence-corrected chi connectivity index (χ2v) is 4.10. The van der Waals surface area contributed by atoms with Gasteiger partial charge in [0.1, 0.15) is 5.56 Å². The molecule has 1 aliphatic rings. The van der Waals surface area contributed by atoms with Crippen molar-refractivity contribution in [1.29, 1.82) is 0 Å². The second-order valence-electron chi connectivity index (χ2n) is 4.10. The number of carbonyl (C=O) groups excluding carboxylic acids is 1. The van der Waals surface area contributed by atoms with E-state index in [2.05, 4.69) is 15.6 Å². The van der Waals surface area contributed by atoms with Crippen molar-refractivity contribution in [2.24, 2.45) is 0 Å². The molecule has 1 atom stereocenters. The van der Waals surface area contributed by atoms with Crippen molar-refractivity contribution in [3.8, 4) is 0 Å². The lowest BCUT2D eigenvalue weighted by Crippen LogP contribution is -2.38. The number of methoxy groups -OCH3 is 1. The minimum Gasteiger partial charge on any atom is -0.465 e. The summed E-state index contributed by atoms with van der Waals surface area (Å²) in [5.41, 5.74) is 1.28. The van der Waals surface area contributed by atoms with Gasteiger partial charge in [0.05, 0.1) is 12.8 Å². The maximum atomic E-state index is 11.6. The minimum absolute atomic E-state index is 0.356. The summed E-state index contributed by atoms with van der Waals surface area (Å²) in [7, 11) is 1.38. The number of anilines is 1. The maximum Gasteiger partial charge on any atom is 0.341 e. The van der Waals surface area contributed by atoms with Crippen LogP contribution >= 0.6 is 0 Å². The first-order valence-corrected chi connectivity index (χ1v) is 5.81. The highest BCUT2D eigenvalue weighted by Gasteiger charge is 2.17. The van der Waals surface area contributed by atoms with Crippen molar-refractivity contribution in [2.45, 2.75) is 18.9 Å². The number of rotatable bonds is 3. The van der Waals surface area contributed by atoms with Gasteiger partial charge in [0.25, 0.3) is 0 Å². The molecule has 0 radical (unpaired) electrons. The molecule has 0 aliphatic carbocycles. The first-order valence-electron chi connectivity index (χ1n) is 5.81. The number of carbonyl (C=O) groups is 1. The number of esters is 1. The van der Waals surface area contributed by atoms with Crippen LogP contribution in [-0.2, 0) is 4.74 Å². The van der Waals surface area contributed by atoms with Crippen LogP contribution < -0.4 is 10.6 Å². The van der Waals surface area contributed by atoms with Crippen LogP contribution in [0.5, 0.6) is 0 Å². The van der Waals surface area contributed by atoms with E-state index < -0.39 is 0 Å². The lowest BCUT2D eigenvalue weighted by molar-refractivity contribution is 0.0601. The number of nitrogens with zero attached hydrogens (tertiary/aromatic N) is 1. The van der Waals surface area contributed by atoms with E-state index in [4.69, 9.17) is 4.74 Å². The summed E-state index contributed by atoms with van der Waals surface area (Å²) in [6, 6.07) is 2.16. The fraction of sp³-hybridized carbons (Fsp3) is 0.500. The van der Waals surface area contributed by atoms with E-state index in [1.165, 1.54) is 13.3 Å². The summed E-state index contributed by atoms with van der Waals surface area (Å²) >= 11 is 0. The largest absolute Gasteiger partial charge is 0.465 e. The molecule has 1 aromatic rings. The Morgan fingerprint density at radius 3 is 3.24 bits per heavy atom. The molecule has 0 aromatic carbocycles. The Hall–Kier alpha value is -1.62. The molecule has 1 fully saturated rings. The smallest absolute Gasteiger partial charge is 0.341 e. The van der Waals surface area contributed by atoms with Gasteiger partial charge in [-0.05, 0) is 25.5 Å². The second kappa shape index (κ2) is 5.63. The van der Waals surface area contributed by atoms with Gasteiger partial charge in [0.2, 0.25) is 0 Å². The van der Waals surface area contributed by atoms with Crippen LogP contribution in [0.1, 0.15) is 23.2 Å². The van der Waals surface area contributed by atoms with E-state index in [1.54, 1.807) is 12.3 Å². The molecule has 0 bridgehead atoms. The number of hydrogen-bond donors (Lipinski definition) is 2. The van der Waals surface area contributed by atoms with Gasteiger partial charge in [0, 0.05) is 25.0 Å². The van der Waals surface area contributed by atoms with Crippen molar-refractivity contribution >= 4 is 11.7 Å². The van der Waals surface area contributed by atoms with Crippen molar-refractivity contribution in [1.82, 2.24) is 10.3 Å². The molecule has 5 nitrogen and oxygen atoms in total. The standard InChI is InChI=1S/C12H17N3O2/c1-17-12(16)10-8-14-6-4-11(10)15-9-3-2-5-13-7-9/h4,6,8-9,13H,2-3,5,7H2,1H3,(H,14,15). The van der Waals surface area contributed by atoms with Crippen LogP contribution in [-0.4, -0.2) is 37.2 Å². The van der Waals surface area contributed by atoms with E-state index in [1.807, 2.05) is 0 Å². The molecule has 0 saturated carbocycles. The highest BCUT2D eigenvalue weighted by atomic mass is 16.5. The van der Waals surface area contributed by atoms with Crippen LogP contribution in [0.2, 0.25) is 0 Å². The Morgan fingerprint density at radius 2 is 2.53 bits per heavy atom. The molecule has 2 N–H and O–H groups in total. The molecule has 1 aliphatic heterocycles. The first kappa shape index (κ1) is 11.9. The highest BCUT2D eigenvalue weighted by Crippen LogP contribution is 2.17. The summed E-state index contributed by atoms with van der Waals surface area (Å²) in [6.45, 7) is 1.99. The normalized spacial score (nSPS) is 19.7. The van der Waals surface area contributed by atoms with Gasteiger partial charge in [-0.3, -0.25) is 4.98 Å². The fourth-order valence-electron chi connectivity index (χ4n) is 1.99. The molecule has 17 heavy (non-hydrogen) atoms. The van der Waals surface area contributed by atoms with E-state index in [0.717, 1.165) is 31.6 Å². The Balaban J connectivity index is 2.11. The van der Waals surface area contributed by atoms with Gasteiger partial charge < -0.3 is 15.4 Å². The first-order chi connectivity index (χ1) is 8.31. The average molecular weight is 235 g/mol. The number of piperidine rings is 1. The SMILES string of the molecule is COC(=O)c1cnccc1NC1CCCNC1. The summed E-state index contributed by atoms with van der Waals surface area (Å²) in [6.07, 6.45) is 5.46. The average Bonchev–Trinajstić information content (AvgIpc) is 2.40. The lowest BCUT2D eigenvalue weighted by atomic mass is 10.1. The molecule has 92 valence electrons. The Kier molecular flexibility index (Phi) is 3.93. The minimum atomic E-state index is -0.357. The van der Waals surface area contributed by atoms with Crippen LogP contribution in [0.4, 0.5) is 5.69 Å². The summed E-state index contributed by atoms with van der Waals surface area (Å²) in [4.78, 5) is 15.5. The van der Waals surface area contributed by atoms with Gasteiger partial charge in [-0.2, -0.15) is 0 Å². The van der Waals surface area contributed by atoms with E-state index in [-0.39, 0.29) is 5.97 Å². The van der Waals surface area contributed by atoms with E-state index in [0.29, 0.717) is 11.6 Å².